The average molecular weight is 368 g/mol. The van der Waals surface area contributed by atoms with Gasteiger partial charge in [0.2, 0.25) is 5.91 Å². The maximum atomic E-state index is 12.2. The van der Waals surface area contributed by atoms with Gasteiger partial charge in [-0.2, -0.15) is 0 Å². The molecule has 0 radical (unpaired) electrons. The van der Waals surface area contributed by atoms with Gasteiger partial charge in [0, 0.05) is 11.8 Å². The zero-order valence-corrected chi connectivity index (χ0v) is 15.7. The van der Waals surface area contributed by atoms with Crippen molar-refractivity contribution in [2.24, 2.45) is 0 Å². The summed E-state index contributed by atoms with van der Waals surface area (Å²) in [4.78, 5) is 16.6. The van der Waals surface area contributed by atoms with Crippen LogP contribution in [0.4, 0.5) is 5.69 Å². The summed E-state index contributed by atoms with van der Waals surface area (Å²) in [6.45, 7) is 4.46. The minimum Gasteiger partial charge on any atom is -0.493 e. The fourth-order valence-corrected chi connectivity index (χ4v) is 3.40. The topological polar surface area (TPSA) is 60.5 Å². The molecule has 0 aliphatic carbocycles. The van der Waals surface area contributed by atoms with E-state index in [4.69, 9.17) is 9.47 Å². The van der Waals surface area contributed by atoms with Gasteiger partial charge >= 0.3 is 0 Å². The Labute approximate surface area is 156 Å². The van der Waals surface area contributed by atoms with Gasteiger partial charge in [0.25, 0.3) is 0 Å². The van der Waals surface area contributed by atoms with Gasteiger partial charge in [0.1, 0.15) is 0 Å². The molecule has 5 nitrogen and oxygen atoms in total. The molecule has 0 fully saturated rings. The number of benzene rings is 2. The lowest BCUT2D eigenvalue weighted by Crippen LogP contribution is -2.07. The highest BCUT2D eigenvalue weighted by Crippen LogP contribution is 2.28. The van der Waals surface area contributed by atoms with Gasteiger partial charge in [-0.05, 0) is 55.8 Å². The lowest BCUT2D eigenvalue weighted by atomic mass is 10.2. The number of nitrogens with zero attached hydrogens (tertiary/aromatic N) is 1. The molecular formula is C20H20N2O3S. The molecule has 0 saturated heterocycles. The number of ether oxygens (including phenoxy) is 2. The van der Waals surface area contributed by atoms with E-state index in [2.05, 4.69) is 10.3 Å². The predicted octanol–water partition coefficient (Wildman–Crippen LogP) is 4.66. The predicted molar refractivity (Wildman–Crippen MR) is 106 cm³/mol. The zero-order valence-electron chi connectivity index (χ0n) is 14.9. The highest BCUT2D eigenvalue weighted by Gasteiger charge is 2.05. The number of aromatic nitrogens is 1. The van der Waals surface area contributed by atoms with Crippen LogP contribution in [0.5, 0.6) is 11.5 Å². The van der Waals surface area contributed by atoms with Gasteiger partial charge in [0.15, 0.2) is 11.5 Å². The number of anilines is 1. The van der Waals surface area contributed by atoms with Gasteiger partial charge in [-0.3, -0.25) is 4.79 Å². The van der Waals surface area contributed by atoms with E-state index in [9.17, 15) is 4.79 Å². The van der Waals surface area contributed by atoms with Gasteiger partial charge < -0.3 is 14.8 Å². The summed E-state index contributed by atoms with van der Waals surface area (Å²) in [7, 11) is 1.59. The number of carbonyl (C=O) groups is 1. The van der Waals surface area contributed by atoms with Crippen molar-refractivity contribution in [2.75, 3.05) is 19.0 Å². The number of aryl methyl sites for hydroxylation is 1. The Hall–Kier alpha value is -2.86. The molecule has 0 unspecified atom stereocenters. The van der Waals surface area contributed by atoms with Crippen LogP contribution in [-0.2, 0) is 4.79 Å². The molecule has 1 heterocycles. The monoisotopic (exact) mass is 368 g/mol. The molecule has 1 N–H and O–H groups in total. The molecule has 3 aromatic rings. The fraction of sp³-hybridized carbons (Fsp3) is 0.200. The lowest BCUT2D eigenvalue weighted by molar-refractivity contribution is -0.111. The Morgan fingerprint density at radius 3 is 2.85 bits per heavy atom. The highest BCUT2D eigenvalue weighted by atomic mass is 32.1. The second kappa shape index (κ2) is 8.01. The highest BCUT2D eigenvalue weighted by molar-refractivity contribution is 7.18. The van der Waals surface area contributed by atoms with Crippen molar-refractivity contribution in [1.82, 2.24) is 4.98 Å². The number of thiazole rings is 1. The van der Waals surface area contributed by atoms with E-state index in [-0.39, 0.29) is 5.91 Å². The van der Waals surface area contributed by atoms with Crippen molar-refractivity contribution in [3.05, 3.63) is 53.0 Å². The van der Waals surface area contributed by atoms with Crippen molar-refractivity contribution in [1.29, 1.82) is 0 Å². The maximum Gasteiger partial charge on any atom is 0.248 e. The molecule has 6 heteroatoms. The number of fused-ring (bicyclic) bond motifs is 1. The third kappa shape index (κ3) is 4.21. The molecule has 1 amide bonds. The average Bonchev–Trinajstić information content (AvgIpc) is 3.00. The minimum absolute atomic E-state index is 0.196. The Kier molecular flexibility index (Phi) is 5.53. The third-order valence-corrected chi connectivity index (χ3v) is 4.61. The molecule has 2 aromatic carbocycles. The van der Waals surface area contributed by atoms with Crippen LogP contribution in [0, 0.1) is 6.92 Å². The first-order valence-corrected chi connectivity index (χ1v) is 9.08. The van der Waals surface area contributed by atoms with Gasteiger partial charge in [-0.25, -0.2) is 4.98 Å². The maximum absolute atomic E-state index is 12.2. The molecule has 3 rings (SSSR count). The van der Waals surface area contributed by atoms with Crippen LogP contribution < -0.4 is 14.8 Å². The van der Waals surface area contributed by atoms with Crippen LogP contribution >= 0.6 is 11.3 Å². The van der Waals surface area contributed by atoms with Crippen LogP contribution in [-0.4, -0.2) is 24.6 Å². The smallest absolute Gasteiger partial charge is 0.248 e. The lowest BCUT2D eigenvalue weighted by Gasteiger charge is -2.09. The normalized spacial score (nSPS) is 11.0. The van der Waals surface area contributed by atoms with Gasteiger partial charge in [-0.15, -0.1) is 11.3 Å². The number of hydrogen-bond donors (Lipinski definition) is 1. The number of amides is 1. The largest absolute Gasteiger partial charge is 0.493 e. The molecule has 0 spiro atoms. The van der Waals surface area contributed by atoms with Crippen LogP contribution in [0.25, 0.3) is 16.3 Å². The quantitative estimate of drug-likeness (QED) is 0.643. The molecule has 134 valence electrons. The van der Waals surface area contributed by atoms with E-state index in [1.807, 2.05) is 50.2 Å². The van der Waals surface area contributed by atoms with Crippen molar-refractivity contribution in [3.63, 3.8) is 0 Å². The van der Waals surface area contributed by atoms with Gasteiger partial charge in [-0.1, -0.05) is 6.07 Å². The van der Waals surface area contributed by atoms with Crippen LogP contribution in [0.1, 0.15) is 17.5 Å². The number of nitrogens with one attached hydrogen (secondary N) is 1. The Balaban J connectivity index is 1.70. The fourth-order valence-electron chi connectivity index (χ4n) is 2.54. The molecule has 0 atom stereocenters. The molecule has 1 aromatic heterocycles. The molecule has 0 bridgehead atoms. The van der Waals surface area contributed by atoms with E-state index in [0.717, 1.165) is 26.5 Å². The van der Waals surface area contributed by atoms with Crippen LogP contribution in [0.15, 0.2) is 42.5 Å². The summed E-state index contributed by atoms with van der Waals surface area (Å²) in [6, 6.07) is 11.2. The van der Waals surface area contributed by atoms with Crippen molar-refractivity contribution in [3.8, 4) is 11.5 Å². The van der Waals surface area contributed by atoms with Crippen LogP contribution in [0.3, 0.4) is 0 Å². The number of hydrogen-bond acceptors (Lipinski definition) is 5. The molecule has 0 aliphatic rings. The first-order chi connectivity index (χ1) is 12.6. The Morgan fingerprint density at radius 1 is 1.23 bits per heavy atom. The summed E-state index contributed by atoms with van der Waals surface area (Å²) in [5, 5.41) is 3.88. The summed E-state index contributed by atoms with van der Waals surface area (Å²) < 4.78 is 11.9. The summed E-state index contributed by atoms with van der Waals surface area (Å²) in [5.41, 5.74) is 2.55. The van der Waals surface area contributed by atoms with E-state index >= 15 is 0 Å². The van der Waals surface area contributed by atoms with E-state index in [1.165, 1.54) is 6.08 Å². The van der Waals surface area contributed by atoms with E-state index in [1.54, 1.807) is 24.5 Å². The Bertz CT molecular complexity index is 963. The molecule has 0 aliphatic heterocycles. The first-order valence-electron chi connectivity index (χ1n) is 8.26. The van der Waals surface area contributed by atoms with E-state index in [0.29, 0.717) is 18.1 Å². The summed E-state index contributed by atoms with van der Waals surface area (Å²) in [6.07, 6.45) is 3.24. The van der Waals surface area contributed by atoms with E-state index < -0.39 is 0 Å². The number of carbonyl (C=O) groups excluding carboxylic acids is 1. The summed E-state index contributed by atoms with van der Waals surface area (Å²) in [5.74, 6) is 1.13. The number of methoxy groups -OCH3 is 1. The minimum atomic E-state index is -0.196. The second-order valence-electron chi connectivity index (χ2n) is 5.58. The third-order valence-electron chi connectivity index (χ3n) is 3.68. The van der Waals surface area contributed by atoms with Crippen molar-refractivity contribution >= 4 is 39.2 Å². The second-order valence-corrected chi connectivity index (χ2v) is 6.82. The van der Waals surface area contributed by atoms with Crippen LogP contribution in [0.2, 0.25) is 0 Å². The number of rotatable bonds is 6. The zero-order chi connectivity index (χ0) is 18.5. The molecule has 0 saturated carbocycles. The SMILES string of the molecule is CCOc1ccc(/C=C/C(=O)Nc2ccc3nc(C)sc3c2)cc1OC. The summed E-state index contributed by atoms with van der Waals surface area (Å²) >= 11 is 1.61. The molecular weight excluding hydrogens is 348 g/mol. The van der Waals surface area contributed by atoms with Gasteiger partial charge in [0.05, 0.1) is 28.9 Å². The Morgan fingerprint density at radius 2 is 2.08 bits per heavy atom. The van der Waals surface area contributed by atoms with Crippen molar-refractivity contribution in [2.45, 2.75) is 13.8 Å². The van der Waals surface area contributed by atoms with Crippen molar-refractivity contribution < 1.29 is 14.3 Å². The molecule has 26 heavy (non-hydrogen) atoms. The standard InChI is InChI=1S/C20H20N2O3S/c1-4-25-17-9-5-14(11-18(17)24-3)6-10-20(23)22-15-7-8-16-19(12-15)26-13(2)21-16/h5-12H,4H2,1-3H3,(H,22,23)/b10-6+. The first kappa shape index (κ1) is 17.9.